The van der Waals surface area contributed by atoms with Crippen molar-refractivity contribution in [3.8, 4) is 28.7 Å². The zero-order valence-corrected chi connectivity index (χ0v) is 7.53. The molecule has 59 valence electrons. The van der Waals surface area contributed by atoms with Crippen LogP contribution in [-0.2, 0) is 11.8 Å². The summed E-state index contributed by atoms with van der Waals surface area (Å²) in [5.74, 6) is 0. The van der Waals surface area contributed by atoms with Gasteiger partial charge in [-0.05, 0) is 0 Å². The topological polar surface area (TPSA) is 143 Å². The van der Waals surface area contributed by atoms with Crippen LogP contribution in [0.25, 0.3) is 0 Å². The maximum absolute atomic E-state index is 8.59. The first-order valence-electron chi connectivity index (χ1n) is 2.68. The third-order valence-corrected chi connectivity index (χ3v) is 6.18. The molecule has 0 unspecified atom stereocenters. The predicted octanol–water partition coefficient (Wildman–Crippen LogP) is 0.0982. The van der Waals surface area contributed by atoms with Crippen LogP contribution >= 0.6 is 0 Å². The van der Waals surface area contributed by atoms with E-state index in [4.69, 9.17) is 31.6 Å². The second kappa shape index (κ2) is 2.02. The van der Waals surface area contributed by atoms with Crippen LogP contribution in [0, 0.1) is 60.3 Å². The van der Waals surface area contributed by atoms with Crippen LogP contribution < -0.4 is 0 Å². The number of hydrogen-bond donors (Lipinski definition) is 0. The predicted molar refractivity (Wildman–Crippen MR) is 33.7 cm³/mol. The Bertz CT molecular complexity index is 387. The van der Waals surface area contributed by atoms with Gasteiger partial charge in [0.2, 0.25) is 0 Å². The van der Waals surface area contributed by atoms with E-state index in [1.165, 1.54) is 0 Å². The Kier molecular flexibility index (Phi) is 1.63. The van der Waals surface area contributed by atoms with E-state index in [1.807, 2.05) is 0 Å². The third-order valence-electron chi connectivity index (χ3n) is 1.50. The molecule has 0 fully saturated rings. The van der Waals surface area contributed by atoms with E-state index < -0.39 is 11.8 Å². The van der Waals surface area contributed by atoms with Crippen LogP contribution in [-0.4, -0.2) is 0 Å². The average Bonchev–Trinajstić information content (AvgIpc) is 2.26. The number of nitrogens with zero attached hydrogens (tertiary/aromatic N) is 6. The molecule has 0 saturated carbocycles. The first kappa shape index (κ1) is 10.5. The van der Waals surface area contributed by atoms with Crippen LogP contribution in [0.5, 0.6) is 0 Å². The van der Waals surface area contributed by atoms with Gasteiger partial charge in [-0.15, -0.1) is 0 Å². The van der Waals surface area contributed by atoms with Crippen LogP contribution in [0.15, 0.2) is 0 Å². The molecule has 0 heterocycles. The van der Waals surface area contributed by atoms with Crippen molar-refractivity contribution in [2.75, 3.05) is 0 Å². The fourth-order valence-electron chi connectivity index (χ4n) is 0.335. The fourth-order valence-corrected chi connectivity index (χ4v) is 1.38. The molecule has 0 spiro atoms. The molecule has 0 atom stereocenters. The maximum atomic E-state index is 8.59. The van der Waals surface area contributed by atoms with Gasteiger partial charge >= 0.3 is 72.0 Å². The zero-order chi connectivity index (χ0) is 10.7. The summed E-state index contributed by atoms with van der Waals surface area (Å²) in [5.41, 5.74) is 0. The van der Waals surface area contributed by atoms with Gasteiger partial charge in [-0.1, -0.05) is 0 Å². The van der Waals surface area contributed by atoms with Crippen LogP contribution in [0.3, 0.4) is 0 Å². The molecule has 0 N–H and O–H groups in total. The van der Waals surface area contributed by atoms with Gasteiger partial charge in [0.1, 0.15) is 0 Å². The standard InChI is InChI=1S/6CN.V/c6*1-2;. The quantitative estimate of drug-likeness (QED) is 0.550. The minimum absolute atomic E-state index is 1.06. The van der Waals surface area contributed by atoms with Gasteiger partial charge in [0.15, 0.2) is 0 Å². The Morgan fingerprint density at radius 1 is 0.462 bits per heavy atom. The Balaban J connectivity index is 6.92. The number of nitriles is 6. The number of rotatable bonds is 0. The van der Waals surface area contributed by atoms with Gasteiger partial charge in [0.05, 0.1) is 0 Å². The monoisotopic (exact) mass is 207 g/mol. The molecule has 13 heavy (non-hydrogen) atoms. The molecule has 0 aromatic carbocycles. The summed E-state index contributed by atoms with van der Waals surface area (Å²) in [5, 5.41) is 51.6. The normalized spacial score (nSPS) is 13.4. The summed E-state index contributed by atoms with van der Waals surface area (Å²) in [4.78, 5) is 6.38. The van der Waals surface area contributed by atoms with E-state index >= 15 is 0 Å². The summed E-state index contributed by atoms with van der Waals surface area (Å²) in [6.07, 6.45) is 0. The molecular formula is C6N6V. The minimum atomic E-state index is -6.56. The third kappa shape index (κ3) is 0.712. The molecule has 0 aliphatic carbocycles. The summed E-state index contributed by atoms with van der Waals surface area (Å²) >= 11 is -6.56. The second-order valence-corrected chi connectivity index (χ2v) is 9.39. The Morgan fingerprint density at radius 2 is 0.615 bits per heavy atom. The van der Waals surface area contributed by atoms with Crippen LogP contribution in [0.1, 0.15) is 0 Å². The van der Waals surface area contributed by atoms with Gasteiger partial charge in [-0.2, -0.15) is 0 Å². The van der Waals surface area contributed by atoms with E-state index in [0.29, 0.717) is 0 Å². The Hall–Kier alpha value is -2.48. The van der Waals surface area contributed by atoms with E-state index in [-0.39, 0.29) is 0 Å². The molecule has 0 radical (unpaired) electrons. The molecule has 6 nitrogen and oxygen atoms in total. The molecule has 0 aliphatic heterocycles. The van der Waals surface area contributed by atoms with Crippen molar-refractivity contribution in [1.82, 2.24) is 0 Å². The van der Waals surface area contributed by atoms with Crippen molar-refractivity contribution in [1.29, 1.82) is 31.6 Å². The van der Waals surface area contributed by atoms with Gasteiger partial charge in [-0.3, -0.25) is 0 Å². The molecule has 0 rings (SSSR count). The van der Waals surface area contributed by atoms with Crippen molar-refractivity contribution in [2.24, 2.45) is 0 Å². The summed E-state index contributed by atoms with van der Waals surface area (Å²) in [6, 6.07) is 0. The van der Waals surface area contributed by atoms with E-state index in [1.54, 1.807) is 0 Å². The van der Waals surface area contributed by atoms with Crippen molar-refractivity contribution in [3.63, 3.8) is 0 Å². The molecule has 0 aromatic heterocycles. The molecular weight excluding hydrogens is 207 g/mol. The summed E-state index contributed by atoms with van der Waals surface area (Å²) in [6.45, 7) is 0. The van der Waals surface area contributed by atoms with Crippen molar-refractivity contribution >= 4 is 0 Å². The van der Waals surface area contributed by atoms with Crippen LogP contribution in [0.2, 0.25) is 0 Å². The van der Waals surface area contributed by atoms with Crippen molar-refractivity contribution in [3.05, 3.63) is 0 Å². The van der Waals surface area contributed by atoms with Crippen molar-refractivity contribution < 1.29 is 11.8 Å². The Morgan fingerprint density at radius 3 is 0.615 bits per heavy atom. The first-order chi connectivity index (χ1) is 5.97. The molecule has 0 bridgehead atoms. The summed E-state index contributed by atoms with van der Waals surface area (Å²) < 4.78 is 0. The van der Waals surface area contributed by atoms with E-state index in [2.05, 4.69) is 0 Å². The summed E-state index contributed by atoms with van der Waals surface area (Å²) in [7, 11) is 0. The number of hydrogen-bond acceptors (Lipinski definition) is 6. The second-order valence-electron chi connectivity index (χ2n) is 2.28. The first-order valence-corrected chi connectivity index (χ1v) is 6.87. The van der Waals surface area contributed by atoms with Gasteiger partial charge in [0, 0.05) is 0 Å². The van der Waals surface area contributed by atoms with Gasteiger partial charge in [0.25, 0.3) is 0 Å². The fraction of sp³-hybridized carbons (Fsp3) is 0. The van der Waals surface area contributed by atoms with E-state index in [0.717, 1.165) is 28.7 Å². The molecule has 0 aliphatic rings. The van der Waals surface area contributed by atoms with Gasteiger partial charge in [-0.25, -0.2) is 0 Å². The molecule has 0 amide bonds. The zero-order valence-electron chi connectivity index (χ0n) is 6.13. The molecule has 7 heteroatoms. The Labute approximate surface area is 72.4 Å². The van der Waals surface area contributed by atoms with Crippen molar-refractivity contribution in [2.45, 2.75) is 0 Å². The average molecular weight is 207 g/mol. The SMILES string of the molecule is N#[C][V]([C]#N)([C]#N)([C]#N)([C]#N)[C]#N. The van der Waals surface area contributed by atoms with Crippen LogP contribution in [0.4, 0.5) is 0 Å². The van der Waals surface area contributed by atoms with Gasteiger partial charge < -0.3 is 0 Å². The molecule has 0 aromatic rings. The molecule has 0 saturated heterocycles. The van der Waals surface area contributed by atoms with E-state index in [9.17, 15) is 0 Å².